The highest BCUT2D eigenvalue weighted by Crippen LogP contribution is 2.18. The first-order valence-electron chi connectivity index (χ1n) is 6.53. The Labute approximate surface area is 109 Å². The third-order valence-electron chi connectivity index (χ3n) is 3.47. The van der Waals surface area contributed by atoms with Gasteiger partial charge in [-0.3, -0.25) is 4.90 Å². The van der Waals surface area contributed by atoms with Gasteiger partial charge in [0.1, 0.15) is 0 Å². The number of rotatable bonds is 5. The van der Waals surface area contributed by atoms with E-state index in [1.807, 2.05) is 0 Å². The van der Waals surface area contributed by atoms with E-state index >= 15 is 0 Å². The zero-order valence-electron chi connectivity index (χ0n) is 10.4. The van der Waals surface area contributed by atoms with Crippen molar-refractivity contribution in [2.24, 2.45) is 0 Å². The minimum Gasteiger partial charge on any atom is -0.376 e. The SMILES string of the molecule is C=C(Cl)CN1CCC(OCC2CCCO2)CC1. The molecule has 2 rings (SSSR count). The zero-order valence-corrected chi connectivity index (χ0v) is 11.1. The van der Waals surface area contributed by atoms with Crippen LogP contribution in [-0.4, -0.2) is 50.0 Å². The molecule has 0 bridgehead atoms. The molecule has 0 aromatic carbocycles. The molecule has 98 valence electrons. The number of likely N-dealkylation sites (tertiary alicyclic amines) is 1. The lowest BCUT2D eigenvalue weighted by molar-refractivity contribution is -0.0409. The highest BCUT2D eigenvalue weighted by molar-refractivity contribution is 6.29. The fourth-order valence-corrected chi connectivity index (χ4v) is 2.66. The van der Waals surface area contributed by atoms with E-state index in [0.29, 0.717) is 12.2 Å². The lowest BCUT2D eigenvalue weighted by Gasteiger charge is -2.32. The molecule has 3 nitrogen and oxygen atoms in total. The first-order valence-corrected chi connectivity index (χ1v) is 6.90. The Hall–Kier alpha value is -0.0900. The van der Waals surface area contributed by atoms with E-state index in [-0.39, 0.29) is 0 Å². The van der Waals surface area contributed by atoms with Crippen molar-refractivity contribution < 1.29 is 9.47 Å². The van der Waals surface area contributed by atoms with E-state index in [1.54, 1.807) is 0 Å². The van der Waals surface area contributed by atoms with Crippen LogP contribution in [0, 0.1) is 0 Å². The third kappa shape index (κ3) is 4.59. The second-order valence-corrected chi connectivity index (χ2v) is 5.50. The monoisotopic (exact) mass is 259 g/mol. The van der Waals surface area contributed by atoms with E-state index in [0.717, 1.165) is 57.1 Å². The number of nitrogens with zero attached hydrogens (tertiary/aromatic N) is 1. The summed E-state index contributed by atoms with van der Waals surface area (Å²) in [5.41, 5.74) is 0. The molecule has 17 heavy (non-hydrogen) atoms. The van der Waals surface area contributed by atoms with E-state index < -0.39 is 0 Å². The van der Waals surface area contributed by atoms with E-state index in [9.17, 15) is 0 Å². The fourth-order valence-electron chi connectivity index (χ4n) is 2.50. The van der Waals surface area contributed by atoms with Crippen LogP contribution in [0.1, 0.15) is 25.7 Å². The molecule has 2 aliphatic rings. The Morgan fingerprint density at radius 3 is 2.71 bits per heavy atom. The quantitative estimate of drug-likeness (QED) is 0.757. The summed E-state index contributed by atoms with van der Waals surface area (Å²) >= 11 is 5.81. The molecular formula is C13H22ClNO2. The predicted molar refractivity (Wildman–Crippen MR) is 69.4 cm³/mol. The maximum atomic E-state index is 5.91. The fraction of sp³-hybridized carbons (Fsp3) is 0.846. The molecule has 0 N–H and O–H groups in total. The molecule has 0 amide bonds. The Morgan fingerprint density at radius 1 is 1.35 bits per heavy atom. The molecule has 2 saturated heterocycles. The summed E-state index contributed by atoms with van der Waals surface area (Å²) in [5, 5.41) is 0.726. The Kier molecular flexibility index (Phi) is 5.29. The van der Waals surface area contributed by atoms with Gasteiger partial charge in [-0.25, -0.2) is 0 Å². The van der Waals surface area contributed by atoms with Gasteiger partial charge in [0, 0.05) is 31.3 Å². The summed E-state index contributed by atoms with van der Waals surface area (Å²) in [5.74, 6) is 0. The number of hydrogen-bond donors (Lipinski definition) is 0. The van der Waals surface area contributed by atoms with Crippen molar-refractivity contribution in [2.75, 3.05) is 32.8 Å². The van der Waals surface area contributed by atoms with Crippen molar-refractivity contribution in [3.05, 3.63) is 11.6 Å². The van der Waals surface area contributed by atoms with Gasteiger partial charge >= 0.3 is 0 Å². The molecule has 1 unspecified atom stereocenters. The molecule has 0 spiro atoms. The molecule has 2 heterocycles. The summed E-state index contributed by atoms with van der Waals surface area (Å²) < 4.78 is 11.5. The standard InChI is InChI=1S/C13H22ClNO2/c1-11(14)9-15-6-4-12(5-7-15)17-10-13-3-2-8-16-13/h12-13H,1-10H2. The molecule has 0 aromatic rings. The second kappa shape index (κ2) is 6.74. The number of halogens is 1. The van der Waals surface area contributed by atoms with Crippen molar-refractivity contribution in [2.45, 2.75) is 37.9 Å². The Balaban J connectivity index is 1.60. The van der Waals surface area contributed by atoms with Crippen molar-refractivity contribution in [3.63, 3.8) is 0 Å². The van der Waals surface area contributed by atoms with Crippen LogP contribution in [0.2, 0.25) is 0 Å². The summed E-state index contributed by atoms with van der Waals surface area (Å²) in [7, 11) is 0. The van der Waals surface area contributed by atoms with Crippen molar-refractivity contribution in [1.82, 2.24) is 4.90 Å². The van der Waals surface area contributed by atoms with Crippen LogP contribution < -0.4 is 0 Å². The summed E-state index contributed by atoms with van der Waals surface area (Å²) in [6, 6.07) is 0. The van der Waals surface area contributed by atoms with Gasteiger partial charge in [0.2, 0.25) is 0 Å². The second-order valence-electron chi connectivity index (χ2n) is 4.96. The molecule has 2 aliphatic heterocycles. The number of hydrogen-bond acceptors (Lipinski definition) is 3. The van der Waals surface area contributed by atoms with Crippen molar-refractivity contribution in [1.29, 1.82) is 0 Å². The van der Waals surface area contributed by atoms with Gasteiger partial charge in [-0.15, -0.1) is 0 Å². The minimum atomic E-state index is 0.343. The molecule has 0 aromatic heterocycles. The third-order valence-corrected chi connectivity index (χ3v) is 3.59. The highest BCUT2D eigenvalue weighted by Gasteiger charge is 2.22. The van der Waals surface area contributed by atoms with Gasteiger partial charge in [0.15, 0.2) is 0 Å². The summed E-state index contributed by atoms with van der Waals surface area (Å²) in [6.45, 7) is 8.33. The molecule has 4 heteroatoms. The minimum absolute atomic E-state index is 0.343. The summed E-state index contributed by atoms with van der Waals surface area (Å²) in [4.78, 5) is 2.33. The molecule has 1 atom stereocenters. The first kappa shape index (κ1) is 13.3. The van der Waals surface area contributed by atoms with E-state index in [4.69, 9.17) is 21.1 Å². The van der Waals surface area contributed by atoms with Crippen LogP contribution in [0.15, 0.2) is 11.6 Å². The summed E-state index contributed by atoms with van der Waals surface area (Å²) in [6.07, 6.45) is 5.28. The van der Waals surface area contributed by atoms with E-state index in [2.05, 4.69) is 11.5 Å². The van der Waals surface area contributed by atoms with E-state index in [1.165, 1.54) is 6.42 Å². The van der Waals surface area contributed by atoms with Crippen LogP contribution in [-0.2, 0) is 9.47 Å². The van der Waals surface area contributed by atoms with Crippen molar-refractivity contribution >= 4 is 11.6 Å². The topological polar surface area (TPSA) is 21.7 Å². The predicted octanol–water partition coefficient (Wildman–Crippen LogP) is 2.40. The molecule has 0 saturated carbocycles. The average Bonchev–Trinajstić information content (AvgIpc) is 2.80. The Morgan fingerprint density at radius 2 is 2.12 bits per heavy atom. The first-order chi connectivity index (χ1) is 8.24. The normalized spacial score (nSPS) is 27.5. The average molecular weight is 260 g/mol. The number of ether oxygens (including phenoxy) is 2. The largest absolute Gasteiger partial charge is 0.376 e. The Bertz CT molecular complexity index is 246. The van der Waals surface area contributed by atoms with Gasteiger partial charge < -0.3 is 9.47 Å². The van der Waals surface area contributed by atoms with Crippen LogP contribution >= 0.6 is 11.6 Å². The van der Waals surface area contributed by atoms with Gasteiger partial charge in [-0.05, 0) is 25.7 Å². The van der Waals surface area contributed by atoms with Gasteiger partial charge in [0.25, 0.3) is 0 Å². The van der Waals surface area contributed by atoms with Gasteiger partial charge in [-0.1, -0.05) is 18.2 Å². The van der Waals surface area contributed by atoms with Crippen LogP contribution in [0.4, 0.5) is 0 Å². The van der Waals surface area contributed by atoms with Gasteiger partial charge in [-0.2, -0.15) is 0 Å². The highest BCUT2D eigenvalue weighted by atomic mass is 35.5. The van der Waals surface area contributed by atoms with Crippen LogP contribution in [0.25, 0.3) is 0 Å². The molecule has 2 fully saturated rings. The smallest absolute Gasteiger partial charge is 0.0809 e. The lowest BCUT2D eigenvalue weighted by atomic mass is 10.1. The maximum absolute atomic E-state index is 5.91. The zero-order chi connectivity index (χ0) is 12.1. The lowest BCUT2D eigenvalue weighted by Crippen LogP contribution is -2.38. The molecule has 0 radical (unpaired) electrons. The number of piperidine rings is 1. The molecule has 0 aliphatic carbocycles. The molecular weight excluding hydrogens is 238 g/mol. The van der Waals surface area contributed by atoms with Gasteiger partial charge in [0.05, 0.1) is 18.8 Å². The van der Waals surface area contributed by atoms with Crippen LogP contribution in [0.5, 0.6) is 0 Å². The maximum Gasteiger partial charge on any atom is 0.0809 e. The van der Waals surface area contributed by atoms with Crippen LogP contribution in [0.3, 0.4) is 0 Å². The van der Waals surface area contributed by atoms with Crippen molar-refractivity contribution in [3.8, 4) is 0 Å².